The molecule has 0 aliphatic heterocycles. The van der Waals surface area contributed by atoms with Crippen molar-refractivity contribution in [3.63, 3.8) is 0 Å². The second kappa shape index (κ2) is 11.3. The highest BCUT2D eigenvalue weighted by Crippen LogP contribution is 2.28. The maximum atomic E-state index is 12.5. The largest absolute Gasteiger partial charge is 0.573 e. The predicted octanol–water partition coefficient (Wildman–Crippen LogP) is 6.92. The van der Waals surface area contributed by atoms with Crippen molar-refractivity contribution in [2.45, 2.75) is 33.1 Å². The highest BCUT2D eigenvalue weighted by molar-refractivity contribution is 7.80. The molecule has 0 saturated carbocycles. The van der Waals surface area contributed by atoms with Gasteiger partial charge >= 0.3 is 6.36 Å². The lowest BCUT2D eigenvalue weighted by Gasteiger charge is -2.15. The van der Waals surface area contributed by atoms with E-state index in [0.717, 1.165) is 40.4 Å². The number of nitrogens with zero attached hydrogens (tertiary/aromatic N) is 4. The molecule has 1 heterocycles. The van der Waals surface area contributed by atoms with Gasteiger partial charge in [0.25, 0.3) is 0 Å². The summed E-state index contributed by atoms with van der Waals surface area (Å²) in [5.74, 6) is -0.303. The van der Waals surface area contributed by atoms with Crippen LogP contribution in [0, 0.1) is 0 Å². The molecule has 5 aromatic rings. The minimum absolute atomic E-state index is 0.303. The van der Waals surface area contributed by atoms with Crippen LogP contribution in [0.25, 0.3) is 27.5 Å². The minimum Gasteiger partial charge on any atom is -0.406 e. The first-order valence-corrected chi connectivity index (χ1v) is 13.0. The molecule has 11 heteroatoms. The Balaban J connectivity index is 1.31. The van der Waals surface area contributed by atoms with E-state index in [2.05, 4.69) is 62.9 Å². The maximum absolute atomic E-state index is 12.5. The van der Waals surface area contributed by atoms with Gasteiger partial charge in [0.05, 0.1) is 17.4 Å². The van der Waals surface area contributed by atoms with Crippen LogP contribution in [0.15, 0.2) is 77.9 Å². The lowest BCUT2D eigenvalue weighted by molar-refractivity contribution is -0.274. The molecule has 4 aromatic carbocycles. The fourth-order valence-corrected chi connectivity index (χ4v) is 4.66. The molecule has 0 atom stereocenters. The third-order valence-electron chi connectivity index (χ3n) is 6.39. The van der Waals surface area contributed by atoms with Gasteiger partial charge in [0.1, 0.15) is 11.3 Å². The highest BCUT2D eigenvalue weighted by Gasteiger charge is 2.31. The van der Waals surface area contributed by atoms with Gasteiger partial charge < -0.3 is 10.1 Å². The summed E-state index contributed by atoms with van der Waals surface area (Å²) in [5.41, 5.74) is 9.10. The van der Waals surface area contributed by atoms with Gasteiger partial charge in [0.2, 0.25) is 0 Å². The average Bonchev–Trinajstić information content (AvgIpc) is 3.37. The second-order valence-electron chi connectivity index (χ2n) is 8.94. The topological polar surface area (TPSA) is 76.4 Å². The van der Waals surface area contributed by atoms with Gasteiger partial charge in [-0.15, -0.1) is 18.3 Å². The van der Waals surface area contributed by atoms with E-state index in [9.17, 15) is 13.2 Å². The van der Waals surface area contributed by atoms with E-state index in [4.69, 9.17) is 12.2 Å². The molecule has 0 spiro atoms. The van der Waals surface area contributed by atoms with Crippen molar-refractivity contribution >= 4 is 51.0 Å². The first-order valence-electron chi connectivity index (χ1n) is 12.6. The summed E-state index contributed by atoms with van der Waals surface area (Å²) in [6.07, 6.45) is -1.28. The molecule has 0 aliphatic rings. The number of ether oxygens (including phenoxy) is 1. The van der Waals surface area contributed by atoms with Crippen molar-refractivity contribution in [1.29, 1.82) is 0 Å². The van der Waals surface area contributed by atoms with Crippen molar-refractivity contribution in [3.05, 3.63) is 89.5 Å². The number of hydrogen-bond donors (Lipinski definition) is 2. The third-order valence-corrected chi connectivity index (χ3v) is 6.58. The smallest absolute Gasteiger partial charge is 0.406 e. The molecule has 5 rings (SSSR count). The highest BCUT2D eigenvalue weighted by atomic mass is 32.1. The lowest BCUT2D eigenvalue weighted by atomic mass is 10.0. The van der Waals surface area contributed by atoms with Crippen LogP contribution in [-0.4, -0.2) is 32.7 Å². The number of anilines is 1. The molecule has 0 amide bonds. The molecular weight excluding hydrogens is 537 g/mol. The number of aromatic nitrogens is 3. The number of aryl methyl sites for hydroxylation is 2. The number of nitrogens with one attached hydrogen (secondary N) is 2. The van der Waals surface area contributed by atoms with Crippen molar-refractivity contribution < 1.29 is 17.9 Å². The van der Waals surface area contributed by atoms with Gasteiger partial charge in [0, 0.05) is 11.1 Å². The van der Waals surface area contributed by atoms with E-state index >= 15 is 0 Å². The van der Waals surface area contributed by atoms with E-state index < -0.39 is 6.36 Å². The van der Waals surface area contributed by atoms with Crippen molar-refractivity contribution in [2.75, 3.05) is 5.32 Å². The van der Waals surface area contributed by atoms with Gasteiger partial charge in [-0.1, -0.05) is 55.5 Å². The summed E-state index contributed by atoms with van der Waals surface area (Å²) < 4.78 is 42.9. The van der Waals surface area contributed by atoms with Crippen molar-refractivity contribution in [1.82, 2.24) is 20.4 Å². The van der Waals surface area contributed by atoms with E-state index in [1.807, 2.05) is 30.3 Å². The third kappa shape index (κ3) is 5.89. The first-order chi connectivity index (χ1) is 19.3. The average molecular weight is 563 g/mol. The molecule has 40 heavy (non-hydrogen) atoms. The Hall–Kier alpha value is -4.51. The molecule has 0 aliphatic carbocycles. The Labute approximate surface area is 233 Å². The first kappa shape index (κ1) is 27.1. The number of fused-ring (bicyclic) bond motifs is 3. The van der Waals surface area contributed by atoms with Crippen LogP contribution in [0.1, 0.15) is 30.5 Å². The molecule has 0 unspecified atom stereocenters. The molecule has 204 valence electrons. The minimum atomic E-state index is -4.75. The SMILES string of the molecule is CCc1cccc(CC)c1NC(=S)N/N=C/c1ccc2c(ccc3c2nnn3-c2ccc(OC(F)(F)F)cc2)c1. The van der Waals surface area contributed by atoms with E-state index in [1.165, 1.54) is 35.4 Å². The number of halogens is 3. The summed E-state index contributed by atoms with van der Waals surface area (Å²) >= 11 is 5.46. The Morgan fingerprint density at radius 3 is 2.40 bits per heavy atom. The molecule has 0 saturated heterocycles. The summed E-state index contributed by atoms with van der Waals surface area (Å²) in [6.45, 7) is 4.22. The number of hydrazone groups is 1. The summed E-state index contributed by atoms with van der Waals surface area (Å²) in [7, 11) is 0. The normalized spacial score (nSPS) is 11.8. The Kier molecular flexibility index (Phi) is 7.65. The van der Waals surface area contributed by atoms with E-state index in [-0.39, 0.29) is 5.75 Å². The summed E-state index contributed by atoms with van der Waals surface area (Å²) in [5, 5.41) is 18.3. The van der Waals surface area contributed by atoms with E-state index in [1.54, 1.807) is 10.9 Å². The maximum Gasteiger partial charge on any atom is 0.573 e. The van der Waals surface area contributed by atoms with Crippen LogP contribution in [0.5, 0.6) is 5.75 Å². The molecule has 1 aromatic heterocycles. The number of hydrogen-bond acceptors (Lipinski definition) is 5. The molecule has 0 radical (unpaired) electrons. The Morgan fingerprint density at radius 1 is 1.00 bits per heavy atom. The van der Waals surface area contributed by atoms with Crippen LogP contribution in [0.2, 0.25) is 0 Å². The molecule has 0 fully saturated rings. The fourth-order valence-electron chi connectivity index (χ4n) is 4.50. The lowest BCUT2D eigenvalue weighted by Crippen LogP contribution is -2.25. The van der Waals surface area contributed by atoms with Gasteiger partial charge in [-0.2, -0.15) is 5.10 Å². The van der Waals surface area contributed by atoms with Gasteiger partial charge in [-0.25, -0.2) is 4.68 Å². The number of alkyl halides is 3. The Bertz CT molecular complexity index is 1690. The van der Waals surface area contributed by atoms with Crippen molar-refractivity contribution in [2.24, 2.45) is 5.10 Å². The number of thiocarbonyl (C=S) groups is 1. The summed E-state index contributed by atoms with van der Waals surface area (Å²) in [4.78, 5) is 0. The predicted molar refractivity (Wildman–Crippen MR) is 155 cm³/mol. The standard InChI is InChI=1S/C29H25F3N6OS/c1-3-19-6-5-7-20(4-2)26(19)34-28(40)36-33-17-18-8-14-24-21(16-18)9-15-25-27(24)35-37-38(25)22-10-12-23(13-11-22)39-29(30,31)32/h5-17H,3-4H2,1-2H3,(H2,34,36,40)/b33-17+. The second-order valence-corrected chi connectivity index (χ2v) is 9.35. The molecule has 7 nitrogen and oxygen atoms in total. The van der Waals surface area contributed by atoms with Gasteiger partial charge in [-0.05, 0) is 83.5 Å². The number of benzene rings is 4. The van der Waals surface area contributed by atoms with Gasteiger partial charge in [-0.3, -0.25) is 5.43 Å². The zero-order chi connectivity index (χ0) is 28.3. The van der Waals surface area contributed by atoms with Crippen molar-refractivity contribution in [3.8, 4) is 11.4 Å². The van der Waals surface area contributed by atoms with Crippen LogP contribution in [-0.2, 0) is 12.8 Å². The molecular formula is C29H25F3N6OS. The quantitative estimate of drug-likeness (QED) is 0.127. The Morgan fingerprint density at radius 2 is 1.73 bits per heavy atom. The molecule has 0 bridgehead atoms. The monoisotopic (exact) mass is 562 g/mol. The number of para-hydroxylation sites is 1. The van der Waals surface area contributed by atoms with E-state index in [0.29, 0.717) is 16.3 Å². The fraction of sp³-hybridized carbons (Fsp3) is 0.172. The van der Waals surface area contributed by atoms with Crippen LogP contribution in [0.3, 0.4) is 0 Å². The summed E-state index contributed by atoms with van der Waals surface area (Å²) in [6, 6.07) is 21.3. The number of rotatable bonds is 7. The van der Waals surface area contributed by atoms with Crippen LogP contribution in [0.4, 0.5) is 18.9 Å². The van der Waals surface area contributed by atoms with Crippen LogP contribution >= 0.6 is 12.2 Å². The zero-order valence-electron chi connectivity index (χ0n) is 21.7. The van der Waals surface area contributed by atoms with Gasteiger partial charge in [0.15, 0.2) is 5.11 Å². The van der Waals surface area contributed by atoms with Crippen LogP contribution < -0.4 is 15.5 Å². The zero-order valence-corrected chi connectivity index (χ0v) is 22.5. The molecule has 2 N–H and O–H groups in total.